The number of carbonyl (C=O) groups excluding carboxylic acids is 1. The Bertz CT molecular complexity index is 317. The van der Waals surface area contributed by atoms with Crippen LogP contribution in [0.4, 0.5) is 9.59 Å². The Balaban J connectivity index is 1.84. The van der Waals surface area contributed by atoms with Crippen LogP contribution in [0.25, 0.3) is 0 Å². The molecular formula is C11H18N2O4. The molecule has 6 nitrogen and oxygen atoms in total. The Hall–Kier alpha value is -1.46. The van der Waals surface area contributed by atoms with Gasteiger partial charge in [-0.25, -0.2) is 9.59 Å². The van der Waals surface area contributed by atoms with Crippen molar-refractivity contribution in [1.29, 1.82) is 0 Å². The SMILES string of the molecule is CN(C)C(=O)O[C@@H]1C[C@@H]2CN(C(=O)O)C[C@@H]2C1. The predicted molar refractivity (Wildman–Crippen MR) is 59.8 cm³/mol. The molecule has 1 aliphatic heterocycles. The normalized spacial score (nSPS) is 31.2. The first-order valence-corrected chi connectivity index (χ1v) is 5.83. The summed E-state index contributed by atoms with van der Waals surface area (Å²) in [5.74, 6) is 0.706. The zero-order chi connectivity index (χ0) is 12.6. The van der Waals surface area contributed by atoms with E-state index in [1.165, 1.54) is 9.80 Å². The summed E-state index contributed by atoms with van der Waals surface area (Å²) in [5.41, 5.74) is 0. The number of nitrogens with zero attached hydrogens (tertiary/aromatic N) is 2. The Labute approximate surface area is 100 Å². The van der Waals surface area contributed by atoms with Crippen LogP contribution in [0, 0.1) is 11.8 Å². The summed E-state index contributed by atoms with van der Waals surface area (Å²) in [5, 5.41) is 8.89. The smallest absolute Gasteiger partial charge is 0.409 e. The molecule has 2 amide bonds. The minimum absolute atomic E-state index is 0.0455. The molecule has 2 fully saturated rings. The van der Waals surface area contributed by atoms with Crippen LogP contribution < -0.4 is 0 Å². The molecule has 0 aromatic carbocycles. The largest absolute Gasteiger partial charge is 0.465 e. The van der Waals surface area contributed by atoms with Gasteiger partial charge in [0, 0.05) is 27.2 Å². The van der Waals surface area contributed by atoms with E-state index in [9.17, 15) is 9.59 Å². The van der Waals surface area contributed by atoms with Gasteiger partial charge in [-0.2, -0.15) is 0 Å². The summed E-state index contributed by atoms with van der Waals surface area (Å²) in [6.45, 7) is 1.16. The van der Waals surface area contributed by atoms with Gasteiger partial charge in [-0.05, 0) is 24.7 Å². The Morgan fingerprint density at radius 1 is 1.24 bits per heavy atom. The van der Waals surface area contributed by atoms with E-state index in [-0.39, 0.29) is 12.2 Å². The number of hydrogen-bond acceptors (Lipinski definition) is 3. The molecule has 0 bridgehead atoms. The Kier molecular flexibility index (Phi) is 3.13. The summed E-state index contributed by atoms with van der Waals surface area (Å²) in [7, 11) is 3.31. The summed E-state index contributed by atoms with van der Waals surface area (Å²) in [6, 6.07) is 0. The van der Waals surface area contributed by atoms with Gasteiger partial charge in [-0.15, -0.1) is 0 Å². The van der Waals surface area contributed by atoms with E-state index < -0.39 is 6.09 Å². The third kappa shape index (κ3) is 2.45. The van der Waals surface area contributed by atoms with Crippen LogP contribution in [0.1, 0.15) is 12.8 Å². The third-order valence-electron chi connectivity index (χ3n) is 3.61. The lowest BCUT2D eigenvalue weighted by Gasteiger charge is -2.18. The van der Waals surface area contributed by atoms with Gasteiger partial charge in [0.15, 0.2) is 0 Å². The minimum Gasteiger partial charge on any atom is -0.465 e. The summed E-state index contributed by atoms with van der Waals surface area (Å²) in [6.07, 6.45) is 0.365. The molecule has 0 unspecified atom stereocenters. The van der Waals surface area contributed by atoms with E-state index >= 15 is 0 Å². The second kappa shape index (κ2) is 4.43. The maximum absolute atomic E-state index is 11.4. The molecule has 1 saturated carbocycles. The van der Waals surface area contributed by atoms with Crippen LogP contribution in [0.5, 0.6) is 0 Å². The highest BCUT2D eigenvalue weighted by Gasteiger charge is 2.43. The van der Waals surface area contributed by atoms with Crippen molar-refractivity contribution in [3.8, 4) is 0 Å². The van der Waals surface area contributed by atoms with Gasteiger partial charge >= 0.3 is 12.2 Å². The van der Waals surface area contributed by atoms with Crippen LogP contribution in [0.2, 0.25) is 0 Å². The average molecular weight is 242 g/mol. The first kappa shape index (κ1) is 12.0. The van der Waals surface area contributed by atoms with E-state index in [1.54, 1.807) is 14.1 Å². The zero-order valence-corrected chi connectivity index (χ0v) is 10.1. The van der Waals surface area contributed by atoms with Gasteiger partial charge < -0.3 is 19.6 Å². The molecule has 0 aromatic rings. The molecule has 1 saturated heterocycles. The van der Waals surface area contributed by atoms with Crippen molar-refractivity contribution in [3.05, 3.63) is 0 Å². The lowest BCUT2D eigenvalue weighted by molar-refractivity contribution is 0.0710. The van der Waals surface area contributed by atoms with Gasteiger partial charge in [0.05, 0.1) is 0 Å². The highest BCUT2D eigenvalue weighted by molar-refractivity contribution is 5.67. The van der Waals surface area contributed by atoms with Crippen molar-refractivity contribution in [2.75, 3.05) is 27.2 Å². The lowest BCUT2D eigenvalue weighted by Crippen LogP contribution is -2.30. The van der Waals surface area contributed by atoms with Gasteiger partial charge in [0.25, 0.3) is 0 Å². The first-order chi connectivity index (χ1) is 7.97. The second-order valence-electron chi connectivity index (χ2n) is 5.08. The van der Waals surface area contributed by atoms with E-state index in [2.05, 4.69) is 0 Å². The van der Waals surface area contributed by atoms with Crippen molar-refractivity contribution in [1.82, 2.24) is 9.80 Å². The quantitative estimate of drug-likeness (QED) is 0.746. The molecule has 0 spiro atoms. The van der Waals surface area contributed by atoms with Gasteiger partial charge in [0.2, 0.25) is 0 Å². The van der Waals surface area contributed by atoms with Crippen molar-refractivity contribution < 1.29 is 19.4 Å². The average Bonchev–Trinajstić information content (AvgIpc) is 2.74. The van der Waals surface area contributed by atoms with Crippen LogP contribution in [0.15, 0.2) is 0 Å². The molecule has 6 heteroatoms. The molecule has 3 atom stereocenters. The van der Waals surface area contributed by atoms with Crippen LogP contribution in [-0.4, -0.2) is 60.4 Å². The molecule has 17 heavy (non-hydrogen) atoms. The monoisotopic (exact) mass is 242 g/mol. The van der Waals surface area contributed by atoms with E-state index in [0.717, 1.165) is 12.8 Å². The summed E-state index contributed by atoms with van der Waals surface area (Å²) < 4.78 is 5.33. The molecule has 2 rings (SSSR count). The third-order valence-corrected chi connectivity index (χ3v) is 3.61. The fourth-order valence-electron chi connectivity index (χ4n) is 2.74. The van der Waals surface area contributed by atoms with E-state index in [0.29, 0.717) is 24.9 Å². The molecule has 2 aliphatic rings. The fourth-order valence-corrected chi connectivity index (χ4v) is 2.74. The highest BCUT2D eigenvalue weighted by Crippen LogP contribution is 2.39. The highest BCUT2D eigenvalue weighted by atomic mass is 16.6. The number of carboxylic acid groups (broad SMARTS) is 1. The lowest BCUT2D eigenvalue weighted by atomic mass is 10.0. The Morgan fingerprint density at radius 2 is 1.76 bits per heavy atom. The van der Waals surface area contributed by atoms with Crippen LogP contribution in [0.3, 0.4) is 0 Å². The number of amides is 2. The molecule has 0 radical (unpaired) electrons. The summed E-state index contributed by atoms with van der Waals surface area (Å²) >= 11 is 0. The number of fused-ring (bicyclic) bond motifs is 1. The van der Waals surface area contributed by atoms with Crippen LogP contribution in [-0.2, 0) is 4.74 Å². The van der Waals surface area contributed by atoms with Gasteiger partial charge in [0.1, 0.15) is 6.10 Å². The van der Waals surface area contributed by atoms with Crippen molar-refractivity contribution >= 4 is 12.2 Å². The van der Waals surface area contributed by atoms with Gasteiger partial charge in [-0.3, -0.25) is 0 Å². The van der Waals surface area contributed by atoms with Crippen molar-refractivity contribution in [2.24, 2.45) is 11.8 Å². The molecule has 1 heterocycles. The second-order valence-corrected chi connectivity index (χ2v) is 5.08. The number of likely N-dealkylation sites (tertiary alicyclic amines) is 1. The standard InChI is InChI=1S/C11H18N2O4/c1-12(2)11(16)17-9-3-7-5-13(10(14)15)6-8(7)4-9/h7-9H,3-6H2,1-2H3,(H,14,15)/t7-,8+,9-. The molecule has 0 aromatic heterocycles. The van der Waals surface area contributed by atoms with Gasteiger partial charge in [-0.1, -0.05) is 0 Å². The Morgan fingerprint density at radius 3 is 2.18 bits per heavy atom. The molecule has 96 valence electrons. The van der Waals surface area contributed by atoms with E-state index in [4.69, 9.17) is 9.84 Å². The fraction of sp³-hybridized carbons (Fsp3) is 0.818. The van der Waals surface area contributed by atoms with E-state index in [1.807, 2.05) is 0 Å². The van der Waals surface area contributed by atoms with Crippen molar-refractivity contribution in [2.45, 2.75) is 18.9 Å². The number of hydrogen-bond donors (Lipinski definition) is 1. The van der Waals surface area contributed by atoms with Crippen molar-refractivity contribution in [3.63, 3.8) is 0 Å². The molecule has 1 N–H and O–H groups in total. The zero-order valence-electron chi connectivity index (χ0n) is 10.1. The number of carbonyl (C=O) groups is 2. The summed E-state index contributed by atoms with van der Waals surface area (Å²) in [4.78, 5) is 25.1. The molecule has 1 aliphatic carbocycles. The van der Waals surface area contributed by atoms with Crippen LogP contribution >= 0.6 is 0 Å². The minimum atomic E-state index is -0.846. The molecular weight excluding hydrogens is 224 g/mol. The predicted octanol–water partition coefficient (Wildman–Crippen LogP) is 1.07. The topological polar surface area (TPSA) is 70.1 Å². The first-order valence-electron chi connectivity index (χ1n) is 5.83. The maximum Gasteiger partial charge on any atom is 0.409 e. The number of ether oxygens (including phenoxy) is 1. The maximum atomic E-state index is 11.4. The number of rotatable bonds is 1.